The molecule has 106 valence electrons. The van der Waals surface area contributed by atoms with E-state index in [2.05, 4.69) is 19.9 Å². The lowest BCUT2D eigenvalue weighted by molar-refractivity contribution is 0.475. The van der Waals surface area contributed by atoms with Crippen LogP contribution < -0.4 is 4.90 Å². The second-order valence-corrected chi connectivity index (χ2v) is 5.35. The lowest BCUT2D eigenvalue weighted by Gasteiger charge is -2.18. The quantitative estimate of drug-likeness (QED) is 0.757. The van der Waals surface area contributed by atoms with Gasteiger partial charge >= 0.3 is 0 Å². The Kier molecular flexibility index (Phi) is 2.77. The van der Waals surface area contributed by atoms with Crippen LogP contribution in [0.5, 0.6) is 5.75 Å². The number of nitrogens with one attached hydrogen (secondary N) is 1. The molecule has 1 aliphatic rings. The Morgan fingerprint density at radius 3 is 2.76 bits per heavy atom. The first-order chi connectivity index (χ1) is 10.3. The minimum absolute atomic E-state index is 0.295. The zero-order valence-electron chi connectivity index (χ0n) is 11.6. The molecule has 5 nitrogen and oxygen atoms in total. The molecule has 3 aromatic rings. The number of imidazole rings is 1. The molecule has 1 fully saturated rings. The third kappa shape index (κ3) is 2.11. The van der Waals surface area contributed by atoms with E-state index in [-0.39, 0.29) is 0 Å². The van der Waals surface area contributed by atoms with E-state index in [0.29, 0.717) is 5.75 Å². The Morgan fingerprint density at radius 1 is 1.14 bits per heavy atom. The van der Waals surface area contributed by atoms with Crippen LogP contribution in [0.4, 0.5) is 5.69 Å². The van der Waals surface area contributed by atoms with Crippen LogP contribution in [-0.4, -0.2) is 33.1 Å². The first-order valence-electron chi connectivity index (χ1n) is 7.20. The van der Waals surface area contributed by atoms with Gasteiger partial charge < -0.3 is 15.0 Å². The van der Waals surface area contributed by atoms with Crippen LogP contribution in [0.1, 0.15) is 12.8 Å². The molecule has 0 spiro atoms. The number of H-pyrrole nitrogens is 1. The largest absolute Gasteiger partial charge is 0.506 e. The number of hydrogen-bond donors (Lipinski definition) is 2. The number of aromatic amines is 1. The highest BCUT2D eigenvalue weighted by atomic mass is 16.3. The number of nitrogens with zero attached hydrogens (tertiary/aromatic N) is 3. The minimum atomic E-state index is 0.295. The third-order valence-corrected chi connectivity index (χ3v) is 3.93. The summed E-state index contributed by atoms with van der Waals surface area (Å²) in [6, 6.07) is 9.44. The van der Waals surface area contributed by atoms with Gasteiger partial charge in [0, 0.05) is 25.4 Å². The van der Waals surface area contributed by atoms with Gasteiger partial charge in [0.1, 0.15) is 11.4 Å². The van der Waals surface area contributed by atoms with Crippen molar-refractivity contribution >= 4 is 16.7 Å². The monoisotopic (exact) mass is 280 g/mol. The highest BCUT2D eigenvalue weighted by molar-refractivity contribution is 5.85. The van der Waals surface area contributed by atoms with Crippen molar-refractivity contribution in [2.75, 3.05) is 18.0 Å². The number of aromatic hydroxyl groups is 1. The average molecular weight is 280 g/mol. The number of rotatable bonds is 2. The molecular formula is C16H16N4O. The van der Waals surface area contributed by atoms with Crippen molar-refractivity contribution in [2.45, 2.75) is 12.8 Å². The summed E-state index contributed by atoms with van der Waals surface area (Å²) in [5.41, 5.74) is 3.37. The average Bonchev–Trinajstić information content (AvgIpc) is 3.16. The summed E-state index contributed by atoms with van der Waals surface area (Å²) in [5, 5.41) is 10.2. The second-order valence-electron chi connectivity index (χ2n) is 5.35. The first-order valence-corrected chi connectivity index (χ1v) is 7.20. The predicted molar refractivity (Wildman–Crippen MR) is 82.4 cm³/mol. The van der Waals surface area contributed by atoms with E-state index in [0.717, 1.165) is 41.3 Å². The maximum atomic E-state index is 10.2. The number of anilines is 1. The fourth-order valence-corrected chi connectivity index (χ4v) is 2.87. The zero-order chi connectivity index (χ0) is 14.2. The third-order valence-electron chi connectivity index (χ3n) is 3.93. The van der Waals surface area contributed by atoms with E-state index >= 15 is 0 Å². The molecule has 0 atom stereocenters. The Balaban J connectivity index is 1.81. The van der Waals surface area contributed by atoms with Crippen molar-refractivity contribution in [1.82, 2.24) is 15.0 Å². The van der Waals surface area contributed by atoms with E-state index in [9.17, 15) is 5.11 Å². The number of phenols is 1. The molecule has 1 aromatic carbocycles. The molecule has 5 heteroatoms. The van der Waals surface area contributed by atoms with Gasteiger partial charge in [0.15, 0.2) is 5.82 Å². The van der Waals surface area contributed by atoms with Gasteiger partial charge in [-0.25, -0.2) is 4.98 Å². The van der Waals surface area contributed by atoms with Gasteiger partial charge in [-0.15, -0.1) is 0 Å². The second kappa shape index (κ2) is 4.77. The number of phenolic OH excluding ortho intramolecular Hbond substituents is 1. The fourth-order valence-electron chi connectivity index (χ4n) is 2.87. The van der Waals surface area contributed by atoms with Crippen molar-refractivity contribution < 1.29 is 5.11 Å². The predicted octanol–water partition coefficient (Wildman–Crippen LogP) is 2.93. The molecule has 0 saturated carbocycles. The molecule has 0 unspecified atom stereocenters. The number of aromatic nitrogens is 3. The van der Waals surface area contributed by atoms with E-state index < -0.39 is 0 Å². The maximum absolute atomic E-state index is 10.2. The Hall–Kier alpha value is -2.56. The van der Waals surface area contributed by atoms with Gasteiger partial charge in [0.05, 0.1) is 16.7 Å². The fraction of sp³-hybridized carbons (Fsp3) is 0.250. The highest BCUT2D eigenvalue weighted by Crippen LogP contribution is 2.34. The number of pyridine rings is 1. The maximum Gasteiger partial charge on any atom is 0.157 e. The van der Waals surface area contributed by atoms with Gasteiger partial charge in [0.2, 0.25) is 0 Å². The van der Waals surface area contributed by atoms with Crippen LogP contribution in [0, 0.1) is 0 Å². The summed E-state index contributed by atoms with van der Waals surface area (Å²) < 4.78 is 0. The molecule has 2 aromatic heterocycles. The van der Waals surface area contributed by atoms with Crippen molar-refractivity contribution in [3.05, 3.63) is 36.5 Å². The molecule has 21 heavy (non-hydrogen) atoms. The molecule has 1 saturated heterocycles. The van der Waals surface area contributed by atoms with Crippen LogP contribution in [-0.2, 0) is 0 Å². The van der Waals surface area contributed by atoms with Crippen molar-refractivity contribution in [1.29, 1.82) is 0 Å². The van der Waals surface area contributed by atoms with Gasteiger partial charge in [-0.05, 0) is 31.0 Å². The number of fused-ring (bicyclic) bond motifs is 1. The standard InChI is InChI=1S/C16H16N4O/c21-15-10-13-12(9-14(15)20-7-3-4-8-20)18-16(19-13)11-5-1-2-6-17-11/h1-2,5-6,9-10,21H,3-4,7-8H2,(H,18,19). The van der Waals surface area contributed by atoms with Crippen LogP contribution in [0.15, 0.2) is 36.5 Å². The summed E-state index contributed by atoms with van der Waals surface area (Å²) in [7, 11) is 0. The molecule has 1 aliphatic heterocycles. The Morgan fingerprint density at radius 2 is 2.00 bits per heavy atom. The van der Waals surface area contributed by atoms with Crippen molar-refractivity contribution in [3.63, 3.8) is 0 Å². The molecule has 3 heterocycles. The summed E-state index contributed by atoms with van der Waals surface area (Å²) in [5.74, 6) is 1.02. The van der Waals surface area contributed by atoms with Crippen LogP contribution in [0.25, 0.3) is 22.6 Å². The summed E-state index contributed by atoms with van der Waals surface area (Å²) in [6.07, 6.45) is 4.11. The van der Waals surface area contributed by atoms with E-state index in [1.165, 1.54) is 12.8 Å². The smallest absolute Gasteiger partial charge is 0.157 e. The molecule has 0 amide bonds. The number of benzene rings is 1. The lowest BCUT2D eigenvalue weighted by Crippen LogP contribution is -2.17. The molecule has 0 radical (unpaired) electrons. The van der Waals surface area contributed by atoms with Crippen molar-refractivity contribution in [2.24, 2.45) is 0 Å². The van der Waals surface area contributed by atoms with Gasteiger partial charge in [-0.1, -0.05) is 6.07 Å². The van der Waals surface area contributed by atoms with Crippen LogP contribution >= 0.6 is 0 Å². The summed E-state index contributed by atoms with van der Waals surface area (Å²) in [6.45, 7) is 2.00. The topological polar surface area (TPSA) is 65.0 Å². The molecule has 4 rings (SSSR count). The zero-order valence-corrected chi connectivity index (χ0v) is 11.6. The van der Waals surface area contributed by atoms with Gasteiger partial charge in [-0.2, -0.15) is 0 Å². The summed E-state index contributed by atoms with van der Waals surface area (Å²) in [4.78, 5) is 14.3. The SMILES string of the molecule is Oc1cc2nc(-c3ccccn3)[nH]c2cc1N1CCCC1. The Labute approximate surface area is 122 Å². The first kappa shape index (κ1) is 12.2. The van der Waals surface area contributed by atoms with Gasteiger partial charge in [0.25, 0.3) is 0 Å². The molecule has 0 bridgehead atoms. The normalized spacial score (nSPS) is 15.0. The van der Waals surface area contributed by atoms with Crippen LogP contribution in [0.2, 0.25) is 0 Å². The van der Waals surface area contributed by atoms with E-state index in [4.69, 9.17) is 0 Å². The molecule has 2 N–H and O–H groups in total. The van der Waals surface area contributed by atoms with Crippen LogP contribution in [0.3, 0.4) is 0 Å². The lowest BCUT2D eigenvalue weighted by atomic mass is 10.2. The van der Waals surface area contributed by atoms with E-state index in [1.54, 1.807) is 12.3 Å². The Bertz CT molecular complexity index is 776. The summed E-state index contributed by atoms with van der Waals surface area (Å²) >= 11 is 0. The molecular weight excluding hydrogens is 264 g/mol. The minimum Gasteiger partial charge on any atom is -0.506 e. The highest BCUT2D eigenvalue weighted by Gasteiger charge is 2.17. The van der Waals surface area contributed by atoms with Crippen molar-refractivity contribution in [3.8, 4) is 17.3 Å². The molecule has 0 aliphatic carbocycles. The number of hydrogen-bond acceptors (Lipinski definition) is 4. The van der Waals surface area contributed by atoms with E-state index in [1.807, 2.05) is 24.3 Å². The van der Waals surface area contributed by atoms with Gasteiger partial charge in [-0.3, -0.25) is 4.98 Å².